The number of carbonyl (C=O) groups is 1. The first-order chi connectivity index (χ1) is 2.94. The highest BCUT2D eigenvalue weighted by atomic mass is 16.4. The highest BCUT2D eigenvalue weighted by molar-refractivity contribution is 5.71. The molecule has 0 fully saturated rings. The lowest BCUT2D eigenvalue weighted by Crippen LogP contribution is -2.13. The van der Waals surface area contributed by atoms with Gasteiger partial charge in [0.25, 0.3) is 0 Å². The maximum atomic E-state index is 9.58. The lowest BCUT2D eigenvalue weighted by Gasteiger charge is -1.89. The molecule has 0 amide bonds. The maximum absolute atomic E-state index is 9.58. The molecular weight excluding hydrogens is 85.0 g/mol. The zero-order chi connectivity index (χ0) is 6.08. The molecule has 0 aliphatic heterocycles. The number of hydrogen-bond acceptors (Lipinski definition) is 2. The van der Waals surface area contributed by atoms with Crippen LogP contribution in [-0.2, 0) is 4.79 Å². The van der Waals surface area contributed by atoms with Crippen LogP contribution < -0.4 is 0 Å². The molecule has 3 nitrogen and oxygen atoms in total. The van der Waals surface area contributed by atoms with Gasteiger partial charge in [-0.3, -0.25) is 0 Å². The van der Waals surface area contributed by atoms with Crippen LogP contribution in [0.1, 0.15) is 8.29 Å². The molecule has 0 radical (unpaired) electrons. The van der Waals surface area contributed by atoms with Gasteiger partial charge in [-0.15, -0.1) is 0 Å². The van der Waals surface area contributed by atoms with Crippen molar-refractivity contribution in [1.82, 2.24) is 0 Å². The molecule has 0 rings (SSSR count). The van der Waals surface area contributed by atoms with Gasteiger partial charge in [-0.2, -0.15) is 0 Å². The second kappa shape index (κ2) is 1.77. The molecule has 0 aromatic rings. The van der Waals surface area contributed by atoms with Gasteiger partial charge in [-0.25, -0.2) is 4.79 Å². The number of hydrogen-bond donors (Lipinski definition) is 2. The van der Waals surface area contributed by atoms with Gasteiger partial charge in [0, 0.05) is 0 Å². The summed E-state index contributed by atoms with van der Waals surface area (Å²) in [5.74, 6) is -1.53. The van der Waals surface area contributed by atoms with Crippen molar-refractivity contribution in [2.75, 3.05) is 0 Å². The molecule has 6 heavy (non-hydrogen) atoms. The molecule has 0 spiro atoms. The quantitative estimate of drug-likeness (QED) is 0.427. The van der Waals surface area contributed by atoms with E-state index in [0.717, 1.165) is 6.92 Å². The number of carboxylic acids is 1. The van der Waals surface area contributed by atoms with Crippen molar-refractivity contribution in [3.8, 4) is 0 Å². The summed E-state index contributed by atoms with van der Waals surface area (Å²) in [6.45, 7) is 0.884. The fourth-order valence-electron chi connectivity index (χ4n) is 0. The molecule has 36 valence electrons. The topological polar surface area (TPSA) is 57.5 Å². The molecule has 0 aromatic carbocycles. The third kappa shape index (κ3) is 1.72. The van der Waals surface area contributed by atoms with Gasteiger partial charge in [0.05, 0.1) is 1.37 Å². The van der Waals surface area contributed by atoms with E-state index >= 15 is 0 Å². The molecule has 3 heteroatoms. The van der Waals surface area contributed by atoms with Crippen molar-refractivity contribution < 1.29 is 16.4 Å². The van der Waals surface area contributed by atoms with Crippen LogP contribution >= 0.6 is 0 Å². The van der Waals surface area contributed by atoms with Crippen LogP contribution in [0.25, 0.3) is 0 Å². The molecule has 0 heterocycles. The van der Waals surface area contributed by atoms with Crippen molar-refractivity contribution in [3.63, 3.8) is 0 Å². The van der Waals surface area contributed by atoms with E-state index in [1.807, 2.05) is 0 Å². The Bertz CT molecular complexity index is 82.7. The maximum Gasteiger partial charge on any atom is 0.332 e. The molecule has 0 aliphatic rings. The molecule has 0 aromatic heterocycles. The summed E-state index contributed by atoms with van der Waals surface area (Å²) >= 11 is 0. The first kappa shape index (κ1) is 3.61. The summed E-state index contributed by atoms with van der Waals surface area (Å²) in [5.41, 5.74) is 0. The molecule has 1 atom stereocenters. The van der Waals surface area contributed by atoms with Crippen LogP contribution in [0.5, 0.6) is 0 Å². The van der Waals surface area contributed by atoms with Crippen LogP contribution in [0.4, 0.5) is 0 Å². The van der Waals surface area contributed by atoms with E-state index < -0.39 is 12.0 Å². The average molecular weight is 92.1 g/mol. The van der Waals surface area contributed by atoms with E-state index in [4.69, 9.17) is 11.6 Å². The average Bonchev–Trinajstić information content (AvgIpc) is 1.31. The van der Waals surface area contributed by atoms with Crippen LogP contribution in [0.2, 0.25) is 0 Å². The first-order valence-electron chi connectivity index (χ1n) is 1.90. The Kier molecular flexibility index (Phi) is 1.06. The van der Waals surface area contributed by atoms with Crippen molar-refractivity contribution in [2.45, 2.75) is 13.0 Å². The highest BCUT2D eigenvalue weighted by Crippen LogP contribution is 1.73. The van der Waals surface area contributed by atoms with Crippen LogP contribution in [0.3, 0.4) is 0 Å². The normalized spacial score (nSPS) is 21.3. The Morgan fingerprint density at radius 1 is 2.17 bits per heavy atom. The van der Waals surface area contributed by atoms with E-state index in [1.54, 1.807) is 0 Å². The van der Waals surface area contributed by atoms with Crippen LogP contribution in [0, 0.1) is 0 Å². The van der Waals surface area contributed by atoms with E-state index in [1.165, 1.54) is 0 Å². The van der Waals surface area contributed by atoms with Gasteiger partial charge >= 0.3 is 5.97 Å². The number of carboxylic acid groups (broad SMARTS) is 1. The van der Waals surface area contributed by atoms with Gasteiger partial charge in [-0.1, -0.05) is 0 Å². The number of aliphatic hydroxyl groups is 1. The number of rotatable bonds is 1. The fourth-order valence-corrected chi connectivity index (χ4v) is 0. The summed E-state index contributed by atoms with van der Waals surface area (Å²) < 4.78 is 6.34. The summed E-state index contributed by atoms with van der Waals surface area (Å²) in [6.07, 6.45) is -2.33. The Morgan fingerprint density at radius 2 is 2.33 bits per heavy atom. The summed E-state index contributed by atoms with van der Waals surface area (Å²) in [6, 6.07) is 0. The van der Waals surface area contributed by atoms with Gasteiger partial charge in [-0.05, 0) is 6.92 Å². The van der Waals surface area contributed by atoms with E-state index in [-0.39, 0.29) is 0 Å². The summed E-state index contributed by atoms with van der Waals surface area (Å²) in [5, 5.41) is 16.0. The lowest BCUT2D eigenvalue weighted by atomic mass is 10.6. The summed E-state index contributed by atoms with van der Waals surface area (Å²) in [4.78, 5) is 9.58. The second-order valence-electron chi connectivity index (χ2n) is 0.891. The predicted molar refractivity (Wildman–Crippen MR) is 19.3 cm³/mol. The molecule has 0 bridgehead atoms. The van der Waals surface area contributed by atoms with E-state index in [2.05, 4.69) is 0 Å². The zero-order valence-electron chi connectivity index (χ0n) is 4.30. The predicted octanol–water partition coefficient (Wildman–Crippen LogP) is -0.548. The minimum atomic E-state index is -2.33. The summed E-state index contributed by atoms with van der Waals surface area (Å²) in [7, 11) is 0. The standard InChI is InChI=1S/C3H6O3/c1-2(4)3(5)6/h2,4H,1H3,(H,5,6)/i1+1,2D. The number of aliphatic carboxylic acids is 1. The zero-order valence-corrected chi connectivity index (χ0v) is 3.30. The minimum absolute atomic E-state index is 0.884. The smallest absolute Gasteiger partial charge is 0.332 e. The molecule has 0 aliphatic carbocycles. The third-order valence-electron chi connectivity index (χ3n) is 0.310. The van der Waals surface area contributed by atoms with Crippen LogP contribution in [-0.4, -0.2) is 22.3 Å². The first-order valence-corrected chi connectivity index (χ1v) is 1.40. The minimum Gasteiger partial charge on any atom is -0.479 e. The van der Waals surface area contributed by atoms with Gasteiger partial charge in [0.1, 0.15) is 6.08 Å². The monoisotopic (exact) mass is 92.0 g/mol. The lowest BCUT2D eigenvalue weighted by molar-refractivity contribution is -0.145. The Labute approximate surface area is 36.6 Å². The second-order valence-corrected chi connectivity index (χ2v) is 0.891. The Morgan fingerprint density at radius 3 is 2.33 bits per heavy atom. The molecule has 2 N–H and O–H groups in total. The van der Waals surface area contributed by atoms with Crippen LogP contribution in [0.15, 0.2) is 0 Å². The van der Waals surface area contributed by atoms with Gasteiger partial charge < -0.3 is 10.2 Å². The molecule has 1 unspecified atom stereocenters. The van der Waals surface area contributed by atoms with Crippen molar-refractivity contribution in [3.05, 3.63) is 0 Å². The van der Waals surface area contributed by atoms with Crippen molar-refractivity contribution >= 4 is 5.97 Å². The molecule has 0 saturated heterocycles. The SMILES string of the molecule is [2H]C([13CH3])(O)C(=O)O. The van der Waals surface area contributed by atoms with Gasteiger partial charge in [0.15, 0.2) is 0 Å². The van der Waals surface area contributed by atoms with Crippen molar-refractivity contribution in [2.24, 2.45) is 0 Å². The molecule has 0 saturated carbocycles. The fraction of sp³-hybridized carbons (Fsp3) is 0.667. The van der Waals surface area contributed by atoms with Crippen molar-refractivity contribution in [1.29, 1.82) is 0 Å². The molecular formula is C3H6O3. The Balaban J connectivity index is 3.79. The van der Waals surface area contributed by atoms with Gasteiger partial charge in [0.2, 0.25) is 0 Å². The highest BCUT2D eigenvalue weighted by Gasteiger charge is 2.01. The largest absolute Gasteiger partial charge is 0.479 e. The Hall–Kier alpha value is -0.570. The van der Waals surface area contributed by atoms with E-state index in [9.17, 15) is 4.79 Å². The third-order valence-corrected chi connectivity index (χ3v) is 0.310. The van der Waals surface area contributed by atoms with E-state index in [0.29, 0.717) is 0 Å².